The van der Waals surface area contributed by atoms with E-state index in [9.17, 15) is 9.59 Å². The number of urea groups is 1. The van der Waals surface area contributed by atoms with Crippen LogP contribution in [-0.2, 0) is 4.79 Å². The van der Waals surface area contributed by atoms with Gasteiger partial charge in [-0.3, -0.25) is 10.1 Å². The van der Waals surface area contributed by atoms with Crippen molar-refractivity contribution in [3.63, 3.8) is 0 Å². The Bertz CT molecular complexity index is 214. The van der Waals surface area contributed by atoms with Crippen LogP contribution < -0.4 is 16.4 Å². The summed E-state index contributed by atoms with van der Waals surface area (Å²) in [5.74, 6) is -0.401. The molecule has 0 saturated carbocycles. The lowest BCUT2D eigenvalue weighted by molar-refractivity contribution is -0.120. The first-order valence-electron chi connectivity index (χ1n) is 3.14. The van der Waals surface area contributed by atoms with Crippen molar-refractivity contribution in [1.82, 2.24) is 10.6 Å². The average Bonchev–Trinajstić information content (AvgIpc) is 2.28. The molecule has 1 fully saturated rings. The van der Waals surface area contributed by atoms with Crippen LogP contribution >= 0.6 is 0 Å². The van der Waals surface area contributed by atoms with Crippen LogP contribution in [0, 0.1) is 0 Å². The summed E-state index contributed by atoms with van der Waals surface area (Å²) >= 11 is 0. The van der Waals surface area contributed by atoms with E-state index in [2.05, 4.69) is 17.2 Å². The SMILES string of the molecule is C=CC(N)C1NC(=O)NC1=O. The predicted molar refractivity (Wildman–Crippen MR) is 38.6 cm³/mol. The van der Waals surface area contributed by atoms with Crippen LogP contribution in [0.25, 0.3) is 0 Å². The Morgan fingerprint density at radius 1 is 1.64 bits per heavy atom. The van der Waals surface area contributed by atoms with E-state index in [1.54, 1.807) is 0 Å². The lowest BCUT2D eigenvalue weighted by Gasteiger charge is -2.10. The van der Waals surface area contributed by atoms with Gasteiger partial charge in [-0.1, -0.05) is 6.08 Å². The third-order valence-corrected chi connectivity index (χ3v) is 1.46. The van der Waals surface area contributed by atoms with Crippen LogP contribution in [-0.4, -0.2) is 24.0 Å². The van der Waals surface area contributed by atoms with Crippen LogP contribution in [0.5, 0.6) is 0 Å². The van der Waals surface area contributed by atoms with Gasteiger partial charge in [0, 0.05) is 0 Å². The molecule has 2 unspecified atom stereocenters. The van der Waals surface area contributed by atoms with Crippen molar-refractivity contribution in [3.05, 3.63) is 12.7 Å². The third-order valence-electron chi connectivity index (χ3n) is 1.46. The first-order chi connectivity index (χ1) is 5.15. The van der Waals surface area contributed by atoms with Crippen molar-refractivity contribution < 1.29 is 9.59 Å². The van der Waals surface area contributed by atoms with E-state index in [0.717, 1.165) is 0 Å². The molecule has 5 heteroatoms. The molecule has 4 N–H and O–H groups in total. The van der Waals surface area contributed by atoms with E-state index < -0.39 is 24.0 Å². The van der Waals surface area contributed by atoms with E-state index in [1.807, 2.05) is 0 Å². The van der Waals surface area contributed by atoms with Gasteiger partial charge in [-0.05, 0) is 0 Å². The quantitative estimate of drug-likeness (QED) is 0.342. The van der Waals surface area contributed by atoms with Crippen molar-refractivity contribution in [3.8, 4) is 0 Å². The van der Waals surface area contributed by atoms with Crippen LogP contribution in [0.1, 0.15) is 0 Å². The molecule has 0 aliphatic carbocycles. The molecule has 1 aliphatic rings. The van der Waals surface area contributed by atoms with Gasteiger partial charge in [0.25, 0.3) is 5.91 Å². The molecular formula is C6H9N3O2. The summed E-state index contributed by atoms with van der Waals surface area (Å²) in [6, 6.07) is -1.70. The van der Waals surface area contributed by atoms with Crippen LogP contribution in [0.15, 0.2) is 12.7 Å². The Labute approximate surface area is 63.6 Å². The van der Waals surface area contributed by atoms with Crippen molar-refractivity contribution in [2.45, 2.75) is 12.1 Å². The summed E-state index contributed by atoms with van der Waals surface area (Å²) in [6.45, 7) is 3.41. The maximum atomic E-state index is 10.9. The zero-order valence-corrected chi connectivity index (χ0v) is 5.83. The number of rotatable bonds is 2. The molecule has 0 radical (unpaired) electrons. The first kappa shape index (κ1) is 7.74. The highest BCUT2D eigenvalue weighted by atomic mass is 16.2. The zero-order valence-electron chi connectivity index (χ0n) is 5.83. The molecule has 0 aromatic heterocycles. The second-order valence-electron chi connectivity index (χ2n) is 2.25. The van der Waals surface area contributed by atoms with Gasteiger partial charge in [-0.2, -0.15) is 0 Å². The van der Waals surface area contributed by atoms with Crippen molar-refractivity contribution in [2.75, 3.05) is 0 Å². The zero-order chi connectivity index (χ0) is 8.43. The molecule has 0 bridgehead atoms. The van der Waals surface area contributed by atoms with Gasteiger partial charge in [0.2, 0.25) is 0 Å². The van der Waals surface area contributed by atoms with Crippen LogP contribution in [0.4, 0.5) is 4.79 Å². The molecule has 0 aromatic carbocycles. The monoisotopic (exact) mass is 155 g/mol. The maximum Gasteiger partial charge on any atom is 0.322 e. The molecular weight excluding hydrogens is 146 g/mol. The van der Waals surface area contributed by atoms with Gasteiger partial charge < -0.3 is 11.1 Å². The number of carbonyl (C=O) groups is 2. The Hall–Kier alpha value is -1.36. The average molecular weight is 155 g/mol. The minimum absolute atomic E-state index is 0.401. The summed E-state index contributed by atoms with van der Waals surface area (Å²) in [4.78, 5) is 21.4. The Morgan fingerprint density at radius 2 is 2.27 bits per heavy atom. The van der Waals surface area contributed by atoms with E-state index in [1.165, 1.54) is 6.08 Å². The fourth-order valence-corrected chi connectivity index (χ4v) is 0.840. The third kappa shape index (κ3) is 1.38. The van der Waals surface area contributed by atoms with Gasteiger partial charge >= 0.3 is 6.03 Å². The van der Waals surface area contributed by atoms with Crippen LogP contribution in [0.2, 0.25) is 0 Å². The number of amides is 3. The highest BCUT2D eigenvalue weighted by Crippen LogP contribution is 1.97. The van der Waals surface area contributed by atoms with Crippen molar-refractivity contribution in [1.29, 1.82) is 0 Å². The second-order valence-corrected chi connectivity index (χ2v) is 2.25. The number of hydrogen-bond donors (Lipinski definition) is 3. The number of hydrogen-bond acceptors (Lipinski definition) is 3. The van der Waals surface area contributed by atoms with Crippen LogP contribution in [0.3, 0.4) is 0 Å². The molecule has 5 nitrogen and oxygen atoms in total. The molecule has 0 aromatic rings. The molecule has 3 amide bonds. The number of nitrogens with two attached hydrogens (primary N) is 1. The fourth-order valence-electron chi connectivity index (χ4n) is 0.840. The van der Waals surface area contributed by atoms with Gasteiger partial charge in [0.1, 0.15) is 6.04 Å². The summed E-state index contributed by atoms with van der Waals surface area (Å²) in [6.07, 6.45) is 1.41. The largest absolute Gasteiger partial charge is 0.324 e. The maximum absolute atomic E-state index is 10.9. The molecule has 2 atom stereocenters. The van der Waals surface area contributed by atoms with Gasteiger partial charge in [0.15, 0.2) is 0 Å². The van der Waals surface area contributed by atoms with Crippen molar-refractivity contribution >= 4 is 11.9 Å². The summed E-state index contributed by atoms with van der Waals surface area (Å²) in [5.41, 5.74) is 5.44. The standard InChI is InChI=1S/C6H9N3O2/c1-2-3(7)4-5(10)9-6(11)8-4/h2-4H,1,7H2,(H2,8,9,10,11). The number of nitrogens with one attached hydrogen (secondary N) is 2. The fraction of sp³-hybridized carbons (Fsp3) is 0.333. The van der Waals surface area contributed by atoms with Gasteiger partial charge in [-0.15, -0.1) is 6.58 Å². The summed E-state index contributed by atoms with van der Waals surface area (Å²) < 4.78 is 0. The van der Waals surface area contributed by atoms with Crippen molar-refractivity contribution in [2.24, 2.45) is 5.73 Å². The summed E-state index contributed by atoms with van der Waals surface area (Å²) in [7, 11) is 0. The molecule has 1 rings (SSSR count). The molecule has 11 heavy (non-hydrogen) atoms. The lowest BCUT2D eigenvalue weighted by atomic mass is 10.1. The first-order valence-corrected chi connectivity index (χ1v) is 3.14. The number of imide groups is 1. The molecule has 1 aliphatic heterocycles. The molecule has 1 saturated heterocycles. The molecule has 0 spiro atoms. The number of carbonyl (C=O) groups excluding carboxylic acids is 2. The second kappa shape index (κ2) is 2.71. The Morgan fingerprint density at radius 3 is 2.64 bits per heavy atom. The molecule has 60 valence electrons. The lowest BCUT2D eigenvalue weighted by Crippen LogP contribution is -2.44. The van der Waals surface area contributed by atoms with E-state index in [-0.39, 0.29) is 0 Å². The van der Waals surface area contributed by atoms with Gasteiger partial charge in [-0.25, -0.2) is 4.79 Å². The highest BCUT2D eigenvalue weighted by Gasteiger charge is 2.32. The van der Waals surface area contributed by atoms with E-state index in [4.69, 9.17) is 5.73 Å². The van der Waals surface area contributed by atoms with E-state index in [0.29, 0.717) is 0 Å². The minimum Gasteiger partial charge on any atom is -0.324 e. The smallest absolute Gasteiger partial charge is 0.322 e. The Balaban J connectivity index is 2.66. The topological polar surface area (TPSA) is 84.2 Å². The minimum atomic E-state index is -0.667. The predicted octanol–water partition coefficient (Wildman–Crippen LogP) is -1.29. The van der Waals surface area contributed by atoms with Gasteiger partial charge in [0.05, 0.1) is 6.04 Å². The normalized spacial score (nSPS) is 25.7. The summed E-state index contributed by atoms with van der Waals surface area (Å²) in [5, 5.41) is 4.42. The molecule has 1 heterocycles. The Kier molecular flexibility index (Phi) is 1.91. The highest BCUT2D eigenvalue weighted by molar-refractivity contribution is 6.04. The van der Waals surface area contributed by atoms with E-state index >= 15 is 0 Å².